The van der Waals surface area contributed by atoms with Crippen LogP contribution in [0.3, 0.4) is 0 Å². The molecule has 0 bridgehead atoms. The van der Waals surface area contributed by atoms with Crippen LogP contribution in [0.15, 0.2) is 261 Å². The fourth-order valence-electron chi connectivity index (χ4n) is 19.3. The van der Waals surface area contributed by atoms with Crippen LogP contribution in [0.5, 0.6) is 0 Å². The number of aryl methyl sites for hydroxylation is 6. The number of hydrogen-bond donors (Lipinski definition) is 0. The Kier molecular flexibility index (Phi) is 44.3. The number of allylic oxidation sites excluding steroid dienone is 5. The minimum atomic E-state index is 1.02. The molecule has 6 heteroatoms. The summed E-state index contributed by atoms with van der Waals surface area (Å²) >= 11 is 0. The molecule has 0 fully saturated rings. The maximum atomic E-state index is 2.46. The van der Waals surface area contributed by atoms with Crippen molar-refractivity contribution in [2.75, 3.05) is 0 Å². The Labute approximate surface area is 796 Å². The summed E-state index contributed by atoms with van der Waals surface area (Å²) in [6.45, 7) is 67.5. The molecule has 0 unspecified atom stereocenters. The van der Waals surface area contributed by atoms with Gasteiger partial charge in [-0.25, -0.2) is 0 Å². The third-order valence-corrected chi connectivity index (χ3v) is 24.0. The largest absolute Gasteiger partial charge is 0.344 e. The molecule has 24 rings (SSSR count). The summed E-state index contributed by atoms with van der Waals surface area (Å²) in [6.07, 6.45) is 29.1. The number of fused-ring (bicyclic) bond motifs is 28. The smallest absolute Gasteiger partial charge is 0.0567 e. The van der Waals surface area contributed by atoms with Crippen LogP contribution in [0.25, 0.3) is 161 Å². The van der Waals surface area contributed by atoms with E-state index in [2.05, 4.69) is 360 Å². The van der Waals surface area contributed by atoms with Gasteiger partial charge in [0.05, 0.1) is 5.52 Å². The lowest BCUT2D eigenvalue weighted by atomic mass is 10.0. The second-order valence-corrected chi connectivity index (χ2v) is 29.5. The lowest BCUT2D eigenvalue weighted by Gasteiger charge is -2.07. The van der Waals surface area contributed by atoms with Gasteiger partial charge in [-0.1, -0.05) is 385 Å². The van der Waals surface area contributed by atoms with Crippen molar-refractivity contribution in [2.45, 2.75) is 286 Å². The van der Waals surface area contributed by atoms with E-state index in [0.29, 0.717) is 0 Å². The monoisotopic (exact) mass is 1760 g/mol. The van der Waals surface area contributed by atoms with Gasteiger partial charge in [-0.2, -0.15) is 0 Å². The van der Waals surface area contributed by atoms with Gasteiger partial charge in [0.25, 0.3) is 0 Å². The van der Waals surface area contributed by atoms with Crippen molar-refractivity contribution in [3.05, 3.63) is 328 Å². The van der Waals surface area contributed by atoms with Crippen molar-refractivity contribution in [3.63, 3.8) is 0 Å². The Morgan fingerprint density at radius 3 is 1.07 bits per heavy atom. The molecular formula is C126H162N6. The van der Waals surface area contributed by atoms with Gasteiger partial charge in [-0.15, -0.1) is 0 Å². The molecule has 6 heterocycles. The van der Waals surface area contributed by atoms with Crippen molar-refractivity contribution in [1.29, 1.82) is 0 Å². The third-order valence-electron chi connectivity index (χ3n) is 24.0. The molecule has 0 amide bonds. The normalized spacial score (nSPS) is 11.6. The Morgan fingerprint density at radius 1 is 0.212 bits per heavy atom. The first-order valence-electron chi connectivity index (χ1n) is 51.5. The highest BCUT2D eigenvalue weighted by molar-refractivity contribution is 6.15. The van der Waals surface area contributed by atoms with Gasteiger partial charge in [0.1, 0.15) is 0 Å². The van der Waals surface area contributed by atoms with E-state index in [1.165, 1.54) is 198 Å². The third kappa shape index (κ3) is 21.5. The fourth-order valence-corrected chi connectivity index (χ4v) is 19.3. The van der Waals surface area contributed by atoms with E-state index >= 15 is 0 Å². The number of nitrogens with zero attached hydrogens (tertiary/aromatic N) is 6. The van der Waals surface area contributed by atoms with Crippen molar-refractivity contribution >= 4 is 150 Å². The van der Waals surface area contributed by atoms with Crippen LogP contribution < -0.4 is 0 Å². The molecule has 0 aliphatic heterocycles. The van der Waals surface area contributed by atoms with E-state index < -0.39 is 0 Å². The highest BCUT2D eigenvalue weighted by Crippen LogP contribution is 2.45. The van der Waals surface area contributed by atoms with Gasteiger partial charge in [-0.05, 0) is 208 Å². The second kappa shape index (κ2) is 54.6. The lowest BCUT2D eigenvalue weighted by molar-refractivity contribution is 0.759. The molecule has 0 radical (unpaired) electrons. The zero-order chi connectivity index (χ0) is 96.7. The molecular weight excluding hydrogens is 1600 g/mol. The van der Waals surface area contributed by atoms with Gasteiger partial charge in [-0.3, -0.25) is 0 Å². The summed E-state index contributed by atoms with van der Waals surface area (Å²) in [5.41, 5.74) is 35.2. The van der Waals surface area contributed by atoms with Gasteiger partial charge < -0.3 is 27.4 Å². The standard InChI is InChI=1S/6C17H15N.12C2H6/c2*1-2-18-16-9-4-3-8-14(16)15-10-12-6-5-7-13(12)11-17(15)18;1-2-18-16-9-4-3-7-14(16)15-11-10-12-6-5-8-13(12)17(15)18;2*1-2-18-15-9-4-3-7-14(15)17-13-8-5-6-12(13)10-11-16(17)18;1-2-18-15-10-6-5-9-14(15)17-13-8-4-3-7-12(13)11-16(17)18;12*1-2/h3-5,7-11H,2,6H2,1H3;3-6,8-11H,2,7H2,1H3;2*3-5,7-11H,2,6H2,1H3;3-7,9-11H,2,8H2,1H3;3-10H,2,11H2,1H3;12*1-2H3. The van der Waals surface area contributed by atoms with E-state index in [4.69, 9.17) is 0 Å². The van der Waals surface area contributed by atoms with Crippen LogP contribution in [-0.4, -0.2) is 27.4 Å². The maximum absolute atomic E-state index is 2.46. The Morgan fingerprint density at radius 2 is 0.553 bits per heavy atom. The Balaban J connectivity index is 0.000000207. The first-order valence-corrected chi connectivity index (χ1v) is 51.5. The van der Waals surface area contributed by atoms with Crippen LogP contribution >= 0.6 is 0 Å². The molecule has 0 saturated heterocycles. The highest BCUT2D eigenvalue weighted by atomic mass is 15.0. The van der Waals surface area contributed by atoms with Crippen LogP contribution in [-0.2, 0) is 77.8 Å². The quantitative estimate of drug-likeness (QED) is 0.159. The summed E-state index contributed by atoms with van der Waals surface area (Å²) in [6, 6.07) is 84.3. The zero-order valence-electron chi connectivity index (χ0n) is 86.9. The van der Waals surface area contributed by atoms with Crippen LogP contribution in [0, 0.1) is 0 Å². The summed E-state index contributed by atoms with van der Waals surface area (Å²) in [5.74, 6) is 0. The zero-order valence-corrected chi connectivity index (χ0v) is 86.9. The number of aromatic nitrogens is 6. The van der Waals surface area contributed by atoms with E-state index in [0.717, 1.165) is 77.8 Å². The van der Waals surface area contributed by atoms with E-state index in [9.17, 15) is 0 Å². The summed E-state index contributed by atoms with van der Waals surface area (Å²) in [4.78, 5) is 0. The maximum Gasteiger partial charge on any atom is 0.0567 e. The number of para-hydroxylation sites is 6. The fraction of sp³-hybridized carbons (Fsp3) is 0.333. The van der Waals surface area contributed by atoms with Crippen LogP contribution in [0.2, 0.25) is 0 Å². The number of benzene rings is 12. The lowest BCUT2D eigenvalue weighted by Crippen LogP contribution is -1.99. The molecule has 0 N–H and O–H groups in total. The van der Waals surface area contributed by atoms with E-state index in [1.807, 2.05) is 166 Å². The SMILES string of the molecule is CC.CC.CC.CC.CC.CC.CC.CC.CC.CC.CC.CC.CCn1c2c(c3ccccc31)-c1ccccc1C2.CCn1c2ccccc2c2c3c(ccc21)C=CC3.CCn1c2ccccc2c2c3c(ccc21)CC=C3.CCn1c2ccccc2c2cc3c(cc21)C=CC3.CCn1c2ccccc2c2cc3c(cc21)CC=C3.CCn1c2ccccc2c2ccc3c(c21)C=CC3. The predicted molar refractivity (Wildman–Crippen MR) is 601 cm³/mol. The highest BCUT2D eigenvalue weighted by Gasteiger charge is 2.27. The predicted octanol–water partition coefficient (Wildman–Crippen LogP) is 38.5. The van der Waals surface area contributed by atoms with Gasteiger partial charge in [0.15, 0.2) is 0 Å². The second-order valence-electron chi connectivity index (χ2n) is 29.5. The topological polar surface area (TPSA) is 29.6 Å². The molecule has 6 nitrogen and oxygen atoms in total. The molecule has 0 spiro atoms. The summed E-state index contributed by atoms with van der Waals surface area (Å²) in [7, 11) is 0. The summed E-state index contributed by atoms with van der Waals surface area (Å²) < 4.78 is 14.6. The Bertz CT molecular complexity index is 6790. The van der Waals surface area contributed by atoms with E-state index in [-0.39, 0.29) is 0 Å². The van der Waals surface area contributed by atoms with Crippen molar-refractivity contribution in [2.24, 2.45) is 0 Å². The number of hydrogen-bond acceptors (Lipinski definition) is 0. The van der Waals surface area contributed by atoms with Crippen LogP contribution in [0.4, 0.5) is 0 Å². The van der Waals surface area contributed by atoms with Gasteiger partial charge in [0, 0.05) is 177 Å². The first-order chi connectivity index (χ1) is 65.4. The molecule has 12 aromatic carbocycles. The Hall–Kier alpha value is -12.1. The van der Waals surface area contributed by atoms with Crippen molar-refractivity contribution < 1.29 is 0 Å². The van der Waals surface area contributed by atoms with Crippen molar-refractivity contribution in [3.8, 4) is 11.1 Å². The molecule has 6 aliphatic carbocycles. The molecule has 0 saturated carbocycles. The van der Waals surface area contributed by atoms with E-state index in [1.54, 1.807) is 0 Å². The first kappa shape index (κ1) is 107. The minimum Gasteiger partial charge on any atom is -0.344 e. The van der Waals surface area contributed by atoms with Gasteiger partial charge >= 0.3 is 0 Å². The molecule has 18 aromatic rings. The molecule has 6 aliphatic rings. The molecule has 132 heavy (non-hydrogen) atoms. The van der Waals surface area contributed by atoms with Gasteiger partial charge in [0.2, 0.25) is 0 Å². The summed E-state index contributed by atoms with van der Waals surface area (Å²) in [5, 5.41) is 15.4. The molecule has 0 atom stereocenters. The number of rotatable bonds is 6. The van der Waals surface area contributed by atoms with Crippen molar-refractivity contribution in [1.82, 2.24) is 27.4 Å². The molecule has 696 valence electrons. The molecule has 6 aromatic heterocycles. The van der Waals surface area contributed by atoms with Crippen LogP contribution in [0.1, 0.15) is 275 Å². The minimum absolute atomic E-state index is 1.02. The average Bonchev–Trinajstić information content (AvgIpc) is 1.58. The average molecular weight is 1760 g/mol.